The number of alkyl halides is 3. The summed E-state index contributed by atoms with van der Waals surface area (Å²) in [5, 5.41) is 8.44. The summed E-state index contributed by atoms with van der Waals surface area (Å²) in [6.07, 6.45) is -2.68. The zero-order valence-corrected chi connectivity index (χ0v) is 8.99. The lowest BCUT2D eigenvalue weighted by atomic mass is 10.1. The van der Waals surface area contributed by atoms with E-state index in [0.29, 0.717) is 11.1 Å². The lowest BCUT2D eigenvalue weighted by Gasteiger charge is -2.08. The molecule has 80 valence electrons. The molecule has 0 saturated carbocycles. The highest BCUT2D eigenvalue weighted by molar-refractivity contribution is 6.30. The summed E-state index contributed by atoms with van der Waals surface area (Å²) >= 11 is 11.3. The zero-order chi connectivity index (χ0) is 11.4. The van der Waals surface area contributed by atoms with E-state index in [2.05, 4.69) is 4.98 Å². The first-order valence-corrected chi connectivity index (χ1v) is 4.90. The van der Waals surface area contributed by atoms with E-state index in [0.717, 1.165) is 0 Å². The van der Waals surface area contributed by atoms with Crippen LogP contribution in [-0.4, -0.2) is 4.98 Å². The molecule has 0 aliphatic carbocycles. The highest BCUT2D eigenvalue weighted by Crippen LogP contribution is 2.26. The lowest BCUT2D eigenvalue weighted by molar-refractivity contribution is 0.146. The maximum Gasteiger partial charge on any atom is 0.280 e. The molecule has 0 bridgehead atoms. The Morgan fingerprint density at radius 3 is 2.67 bits per heavy atom. The third kappa shape index (κ3) is 2.77. The van der Waals surface area contributed by atoms with E-state index in [1.165, 1.54) is 6.07 Å². The van der Waals surface area contributed by atoms with Gasteiger partial charge in [0.05, 0.1) is 12.5 Å². The summed E-state index contributed by atoms with van der Waals surface area (Å²) in [5.41, 5.74) is 0.421. The molecule has 2 nitrogen and oxygen atoms in total. The van der Waals surface area contributed by atoms with Crippen LogP contribution in [-0.2, 0) is 12.3 Å². The van der Waals surface area contributed by atoms with E-state index < -0.39 is 12.1 Å². The summed E-state index contributed by atoms with van der Waals surface area (Å²) in [6, 6.07) is 3.05. The molecule has 0 atom stereocenters. The fourth-order valence-electron chi connectivity index (χ4n) is 1.11. The van der Waals surface area contributed by atoms with Gasteiger partial charge in [-0.1, -0.05) is 11.6 Å². The molecule has 1 rings (SSSR count). The lowest BCUT2D eigenvalue weighted by Crippen LogP contribution is -2.00. The van der Waals surface area contributed by atoms with Crippen LogP contribution in [0.5, 0.6) is 0 Å². The van der Waals surface area contributed by atoms with Gasteiger partial charge in [-0.3, -0.25) is 0 Å². The molecule has 0 radical (unpaired) electrons. The molecule has 0 fully saturated rings. The van der Waals surface area contributed by atoms with E-state index in [-0.39, 0.29) is 17.5 Å². The normalized spacial score (nSPS) is 10.4. The number of rotatable bonds is 3. The molecule has 0 aromatic carbocycles. The van der Waals surface area contributed by atoms with Gasteiger partial charge in [0.2, 0.25) is 0 Å². The molecule has 1 aromatic heterocycles. The third-order valence-electron chi connectivity index (χ3n) is 1.81. The van der Waals surface area contributed by atoms with Crippen molar-refractivity contribution in [1.29, 1.82) is 5.26 Å². The van der Waals surface area contributed by atoms with Crippen LogP contribution in [0.25, 0.3) is 0 Å². The van der Waals surface area contributed by atoms with Crippen LogP contribution in [0.2, 0.25) is 5.15 Å². The van der Waals surface area contributed by atoms with Gasteiger partial charge in [-0.25, -0.2) is 13.8 Å². The molecule has 1 heterocycles. The number of nitrogens with zero attached hydrogens (tertiary/aromatic N) is 2. The van der Waals surface area contributed by atoms with Crippen molar-refractivity contribution in [2.24, 2.45) is 0 Å². The first-order valence-electron chi connectivity index (χ1n) is 3.99. The number of pyridine rings is 1. The summed E-state index contributed by atoms with van der Waals surface area (Å²) in [7, 11) is 0. The highest BCUT2D eigenvalue weighted by atomic mass is 35.5. The molecule has 1 aromatic rings. The van der Waals surface area contributed by atoms with Crippen molar-refractivity contribution in [3.05, 3.63) is 28.0 Å². The fraction of sp³-hybridized carbons (Fsp3) is 0.333. The van der Waals surface area contributed by atoms with Crippen LogP contribution in [0.15, 0.2) is 6.07 Å². The Labute approximate surface area is 95.4 Å². The predicted molar refractivity (Wildman–Crippen MR) is 53.1 cm³/mol. The molecule has 6 heteroatoms. The Bertz CT molecular complexity index is 402. The largest absolute Gasteiger partial charge is 0.280 e. The van der Waals surface area contributed by atoms with E-state index in [1.54, 1.807) is 0 Å². The van der Waals surface area contributed by atoms with Crippen LogP contribution < -0.4 is 0 Å². The second-order valence-electron chi connectivity index (χ2n) is 2.74. The molecule has 0 aliphatic heterocycles. The smallest absolute Gasteiger partial charge is 0.235 e. The van der Waals surface area contributed by atoms with Crippen molar-refractivity contribution in [2.75, 3.05) is 0 Å². The number of nitriles is 1. The van der Waals surface area contributed by atoms with Gasteiger partial charge in [-0.15, -0.1) is 11.6 Å². The van der Waals surface area contributed by atoms with Crippen molar-refractivity contribution in [3.8, 4) is 6.07 Å². The number of aromatic nitrogens is 1. The van der Waals surface area contributed by atoms with Gasteiger partial charge in [0.15, 0.2) is 0 Å². The maximum absolute atomic E-state index is 12.4. The van der Waals surface area contributed by atoms with Gasteiger partial charge in [0, 0.05) is 11.4 Å². The van der Waals surface area contributed by atoms with Gasteiger partial charge < -0.3 is 0 Å². The van der Waals surface area contributed by atoms with Crippen LogP contribution in [0, 0.1) is 11.3 Å². The first-order chi connectivity index (χ1) is 7.10. The van der Waals surface area contributed by atoms with Gasteiger partial charge in [-0.2, -0.15) is 5.26 Å². The molecular weight excluding hydrogens is 245 g/mol. The molecule has 15 heavy (non-hydrogen) atoms. The minimum Gasteiger partial charge on any atom is -0.235 e. The summed E-state index contributed by atoms with van der Waals surface area (Å²) in [6.45, 7) is 0. The summed E-state index contributed by atoms with van der Waals surface area (Å²) in [4.78, 5) is 3.51. The van der Waals surface area contributed by atoms with Gasteiger partial charge in [0.25, 0.3) is 6.43 Å². The Kier molecular flexibility index (Phi) is 4.25. The van der Waals surface area contributed by atoms with Crippen molar-refractivity contribution >= 4 is 23.2 Å². The Morgan fingerprint density at radius 1 is 1.53 bits per heavy atom. The van der Waals surface area contributed by atoms with Crippen molar-refractivity contribution in [2.45, 2.75) is 18.7 Å². The first kappa shape index (κ1) is 12.2. The van der Waals surface area contributed by atoms with Crippen molar-refractivity contribution < 1.29 is 8.78 Å². The quantitative estimate of drug-likeness (QED) is 0.609. The minimum atomic E-state index is -2.69. The molecule has 0 unspecified atom stereocenters. The fourth-order valence-corrected chi connectivity index (χ4v) is 1.63. The van der Waals surface area contributed by atoms with Crippen LogP contribution in [0.1, 0.15) is 23.2 Å². The van der Waals surface area contributed by atoms with E-state index >= 15 is 0 Å². The molecular formula is C9H6Cl2F2N2. The monoisotopic (exact) mass is 250 g/mol. The molecule has 0 N–H and O–H groups in total. The Hall–Kier alpha value is -0.920. The molecule has 0 amide bonds. The zero-order valence-electron chi connectivity index (χ0n) is 7.48. The highest BCUT2D eigenvalue weighted by Gasteiger charge is 2.15. The second kappa shape index (κ2) is 5.24. The number of hydrogen-bond donors (Lipinski definition) is 0. The average Bonchev–Trinajstić information content (AvgIpc) is 2.20. The van der Waals surface area contributed by atoms with Crippen LogP contribution in [0.3, 0.4) is 0 Å². The SMILES string of the molecule is N#CCc1c(CCl)cc(C(F)F)nc1Cl. The molecule has 0 aliphatic rings. The number of halogens is 4. The van der Waals surface area contributed by atoms with Crippen LogP contribution >= 0.6 is 23.2 Å². The Balaban J connectivity index is 3.25. The number of hydrogen-bond acceptors (Lipinski definition) is 2. The summed E-state index contributed by atoms with van der Waals surface area (Å²) < 4.78 is 24.7. The van der Waals surface area contributed by atoms with E-state index in [9.17, 15) is 8.78 Å². The van der Waals surface area contributed by atoms with Gasteiger partial charge in [0.1, 0.15) is 10.8 Å². The molecule has 0 saturated heterocycles. The van der Waals surface area contributed by atoms with Crippen molar-refractivity contribution in [3.63, 3.8) is 0 Å². The minimum absolute atomic E-state index is 0.0113. The summed E-state index contributed by atoms with van der Waals surface area (Å²) in [5.74, 6) is 0.0268. The Morgan fingerprint density at radius 2 is 2.20 bits per heavy atom. The topological polar surface area (TPSA) is 36.7 Å². The van der Waals surface area contributed by atoms with E-state index in [1.807, 2.05) is 6.07 Å². The second-order valence-corrected chi connectivity index (χ2v) is 3.37. The standard InChI is InChI=1S/C9H6Cl2F2N2/c10-4-5-3-7(9(12)13)15-8(11)6(5)1-2-14/h3,9H,1,4H2. The predicted octanol–water partition coefficient (Wildman–Crippen LogP) is 3.48. The van der Waals surface area contributed by atoms with Crippen molar-refractivity contribution in [1.82, 2.24) is 4.98 Å². The molecule has 0 spiro atoms. The van der Waals surface area contributed by atoms with E-state index in [4.69, 9.17) is 28.5 Å². The van der Waals surface area contributed by atoms with Gasteiger partial charge >= 0.3 is 0 Å². The maximum atomic E-state index is 12.4. The van der Waals surface area contributed by atoms with Crippen LogP contribution in [0.4, 0.5) is 8.78 Å². The average molecular weight is 251 g/mol. The van der Waals surface area contributed by atoms with Gasteiger partial charge in [-0.05, 0) is 11.6 Å². The third-order valence-corrected chi connectivity index (χ3v) is 2.41.